The molecule has 0 aliphatic carbocycles. The molecule has 4 heteroatoms. The fourth-order valence-corrected chi connectivity index (χ4v) is 2.83. The topological polar surface area (TPSA) is 32.3 Å². The van der Waals surface area contributed by atoms with E-state index in [0.29, 0.717) is 17.6 Å². The zero-order valence-corrected chi connectivity index (χ0v) is 12.1. The smallest absolute Gasteiger partial charge is 0.317 e. The lowest BCUT2D eigenvalue weighted by molar-refractivity contribution is 0.148. The molecule has 0 bridgehead atoms. The molecule has 1 aliphatic rings. The van der Waals surface area contributed by atoms with E-state index in [1.165, 1.54) is 6.42 Å². The summed E-state index contributed by atoms with van der Waals surface area (Å²) >= 11 is 5.93. The maximum absolute atomic E-state index is 12.2. The van der Waals surface area contributed by atoms with Gasteiger partial charge in [0.05, 0.1) is 0 Å². The maximum Gasteiger partial charge on any atom is 0.317 e. The van der Waals surface area contributed by atoms with Crippen molar-refractivity contribution < 1.29 is 4.79 Å². The van der Waals surface area contributed by atoms with Crippen molar-refractivity contribution in [1.29, 1.82) is 0 Å². The number of halogens is 1. The zero-order chi connectivity index (χ0) is 13.7. The molecule has 1 N–H and O–H groups in total. The van der Waals surface area contributed by atoms with Gasteiger partial charge in [0.1, 0.15) is 0 Å². The predicted octanol–water partition coefficient (Wildman–Crippen LogP) is 3.81. The highest BCUT2D eigenvalue weighted by atomic mass is 35.5. The van der Waals surface area contributed by atoms with E-state index in [1.807, 2.05) is 29.2 Å². The minimum Gasteiger partial charge on any atom is -0.334 e. The first-order chi connectivity index (χ1) is 9.20. The summed E-state index contributed by atoms with van der Waals surface area (Å²) in [6.07, 6.45) is 4.50. The number of likely N-dealkylation sites (tertiary alicyclic amines) is 1. The second-order valence-electron chi connectivity index (χ2n) is 5.04. The van der Waals surface area contributed by atoms with Crippen molar-refractivity contribution in [2.75, 3.05) is 6.54 Å². The standard InChI is InChI=1S/C15H21ClN2O/c1-2-14-8-3-4-9-18(14)15(19)17-11-12-6-5-7-13(16)10-12/h5-7,10,14H,2-4,8-9,11H2,1H3,(H,17,19). The Kier molecular flexibility index (Phi) is 5.08. The van der Waals surface area contributed by atoms with Gasteiger partial charge in [-0.15, -0.1) is 0 Å². The number of benzene rings is 1. The molecular weight excluding hydrogens is 260 g/mol. The highest BCUT2D eigenvalue weighted by molar-refractivity contribution is 6.30. The van der Waals surface area contributed by atoms with Gasteiger partial charge in [-0.3, -0.25) is 0 Å². The molecule has 1 saturated heterocycles. The summed E-state index contributed by atoms with van der Waals surface area (Å²) in [5.74, 6) is 0. The first kappa shape index (κ1) is 14.2. The molecule has 1 atom stereocenters. The van der Waals surface area contributed by atoms with Crippen molar-refractivity contribution >= 4 is 17.6 Å². The molecule has 0 saturated carbocycles. The Labute approximate surface area is 119 Å². The summed E-state index contributed by atoms with van der Waals surface area (Å²) in [6.45, 7) is 3.56. The van der Waals surface area contributed by atoms with Gasteiger partial charge >= 0.3 is 6.03 Å². The van der Waals surface area contributed by atoms with Crippen molar-refractivity contribution in [2.24, 2.45) is 0 Å². The van der Waals surface area contributed by atoms with Crippen LogP contribution in [0.1, 0.15) is 38.2 Å². The highest BCUT2D eigenvalue weighted by Crippen LogP contribution is 2.19. The first-order valence-electron chi connectivity index (χ1n) is 6.99. The van der Waals surface area contributed by atoms with E-state index in [4.69, 9.17) is 11.6 Å². The Bertz CT molecular complexity index is 436. The van der Waals surface area contributed by atoms with E-state index >= 15 is 0 Å². The molecule has 2 rings (SSSR count). The van der Waals surface area contributed by atoms with Gasteiger partial charge in [0.15, 0.2) is 0 Å². The lowest BCUT2D eigenvalue weighted by Crippen LogP contribution is -2.48. The molecule has 1 unspecified atom stereocenters. The fraction of sp³-hybridized carbons (Fsp3) is 0.533. The van der Waals surface area contributed by atoms with Crippen molar-refractivity contribution in [3.63, 3.8) is 0 Å². The molecule has 1 fully saturated rings. The van der Waals surface area contributed by atoms with Crippen molar-refractivity contribution in [3.05, 3.63) is 34.9 Å². The van der Waals surface area contributed by atoms with Crippen LogP contribution in [0, 0.1) is 0 Å². The van der Waals surface area contributed by atoms with Crippen LogP contribution >= 0.6 is 11.6 Å². The maximum atomic E-state index is 12.2. The van der Waals surface area contributed by atoms with Crippen LogP contribution in [0.5, 0.6) is 0 Å². The minimum atomic E-state index is 0.0477. The Morgan fingerprint density at radius 3 is 3.05 bits per heavy atom. The van der Waals surface area contributed by atoms with Gasteiger partial charge in [0.25, 0.3) is 0 Å². The van der Waals surface area contributed by atoms with Crippen LogP contribution in [0.3, 0.4) is 0 Å². The molecule has 0 spiro atoms. The van der Waals surface area contributed by atoms with Gasteiger partial charge in [-0.25, -0.2) is 4.79 Å². The molecule has 3 nitrogen and oxygen atoms in total. The quantitative estimate of drug-likeness (QED) is 0.897. The lowest BCUT2D eigenvalue weighted by atomic mass is 10.0. The summed E-state index contributed by atoms with van der Waals surface area (Å²) in [7, 11) is 0. The number of hydrogen-bond acceptors (Lipinski definition) is 1. The minimum absolute atomic E-state index is 0.0477. The number of piperidine rings is 1. The molecule has 1 aromatic rings. The van der Waals surface area contributed by atoms with E-state index in [9.17, 15) is 4.79 Å². The zero-order valence-electron chi connectivity index (χ0n) is 11.4. The summed E-state index contributed by atoms with van der Waals surface area (Å²) in [5, 5.41) is 3.69. The third-order valence-corrected chi connectivity index (χ3v) is 3.93. The van der Waals surface area contributed by atoms with E-state index < -0.39 is 0 Å². The number of carbonyl (C=O) groups excluding carboxylic acids is 1. The molecule has 2 amide bonds. The molecule has 1 aromatic carbocycles. The van der Waals surface area contributed by atoms with Crippen LogP contribution < -0.4 is 5.32 Å². The number of nitrogens with one attached hydrogen (secondary N) is 1. The average Bonchev–Trinajstić information content (AvgIpc) is 2.45. The third kappa shape index (κ3) is 3.87. The van der Waals surface area contributed by atoms with Crippen molar-refractivity contribution in [1.82, 2.24) is 10.2 Å². The van der Waals surface area contributed by atoms with E-state index in [-0.39, 0.29) is 6.03 Å². The van der Waals surface area contributed by atoms with Crippen LogP contribution in [0.15, 0.2) is 24.3 Å². The summed E-state index contributed by atoms with van der Waals surface area (Å²) in [6, 6.07) is 8.04. The van der Waals surface area contributed by atoms with Crippen LogP contribution in [-0.2, 0) is 6.54 Å². The normalized spacial score (nSPS) is 19.3. The van der Waals surface area contributed by atoms with Gasteiger partial charge in [-0.1, -0.05) is 30.7 Å². The Hall–Kier alpha value is -1.22. The van der Waals surface area contributed by atoms with Gasteiger partial charge in [0, 0.05) is 24.2 Å². The molecule has 0 radical (unpaired) electrons. The van der Waals surface area contributed by atoms with Crippen LogP contribution in [0.25, 0.3) is 0 Å². The third-order valence-electron chi connectivity index (χ3n) is 3.69. The largest absolute Gasteiger partial charge is 0.334 e. The average molecular weight is 281 g/mol. The Morgan fingerprint density at radius 1 is 1.47 bits per heavy atom. The van der Waals surface area contributed by atoms with Gasteiger partial charge in [-0.2, -0.15) is 0 Å². The van der Waals surface area contributed by atoms with Crippen LogP contribution in [-0.4, -0.2) is 23.5 Å². The number of carbonyl (C=O) groups is 1. The summed E-state index contributed by atoms with van der Waals surface area (Å²) < 4.78 is 0. The van der Waals surface area contributed by atoms with E-state index in [2.05, 4.69) is 12.2 Å². The fourth-order valence-electron chi connectivity index (χ4n) is 2.62. The monoisotopic (exact) mass is 280 g/mol. The number of rotatable bonds is 3. The Balaban J connectivity index is 1.89. The van der Waals surface area contributed by atoms with Gasteiger partial charge in [0.2, 0.25) is 0 Å². The molecule has 19 heavy (non-hydrogen) atoms. The van der Waals surface area contributed by atoms with E-state index in [0.717, 1.165) is 31.4 Å². The number of hydrogen-bond donors (Lipinski definition) is 1. The lowest BCUT2D eigenvalue weighted by Gasteiger charge is -2.35. The second-order valence-corrected chi connectivity index (χ2v) is 5.48. The molecular formula is C15H21ClN2O. The number of nitrogens with zero attached hydrogens (tertiary/aromatic N) is 1. The molecule has 104 valence electrons. The summed E-state index contributed by atoms with van der Waals surface area (Å²) in [5.41, 5.74) is 1.03. The number of urea groups is 1. The van der Waals surface area contributed by atoms with Crippen molar-refractivity contribution in [2.45, 2.75) is 45.2 Å². The van der Waals surface area contributed by atoms with E-state index in [1.54, 1.807) is 0 Å². The second kappa shape index (κ2) is 6.80. The number of amides is 2. The summed E-state index contributed by atoms with van der Waals surface area (Å²) in [4.78, 5) is 14.2. The van der Waals surface area contributed by atoms with Gasteiger partial charge in [-0.05, 0) is 43.4 Å². The Morgan fingerprint density at radius 2 is 2.32 bits per heavy atom. The van der Waals surface area contributed by atoms with Crippen LogP contribution in [0.4, 0.5) is 4.79 Å². The first-order valence-corrected chi connectivity index (χ1v) is 7.37. The molecule has 0 aromatic heterocycles. The SMILES string of the molecule is CCC1CCCCN1C(=O)NCc1cccc(Cl)c1. The predicted molar refractivity (Wildman–Crippen MR) is 78.3 cm³/mol. The molecule has 1 heterocycles. The molecule has 1 aliphatic heterocycles. The van der Waals surface area contributed by atoms with Crippen molar-refractivity contribution in [3.8, 4) is 0 Å². The van der Waals surface area contributed by atoms with Gasteiger partial charge < -0.3 is 10.2 Å². The van der Waals surface area contributed by atoms with Crippen LogP contribution in [0.2, 0.25) is 5.02 Å². The highest BCUT2D eigenvalue weighted by Gasteiger charge is 2.24.